The lowest BCUT2D eigenvalue weighted by molar-refractivity contribution is -0.0974. The first-order valence-electron chi connectivity index (χ1n) is 7.35. The van der Waals surface area contributed by atoms with Crippen LogP contribution in [0.4, 0.5) is 0 Å². The highest BCUT2D eigenvalue weighted by Gasteiger charge is 2.56. The van der Waals surface area contributed by atoms with Crippen molar-refractivity contribution in [2.45, 2.75) is 37.2 Å². The maximum Gasteiger partial charge on any atom is 0.0805 e. The van der Waals surface area contributed by atoms with E-state index in [1.54, 1.807) is 0 Å². The number of piperidine rings is 1. The van der Waals surface area contributed by atoms with Crippen LogP contribution in [0.1, 0.15) is 30.9 Å². The molecule has 3 heteroatoms. The molecular formula is C16H24N2O. The molecule has 0 spiro atoms. The fourth-order valence-corrected chi connectivity index (χ4v) is 4.25. The topological polar surface area (TPSA) is 58.3 Å². The van der Waals surface area contributed by atoms with E-state index in [4.69, 9.17) is 5.73 Å². The molecule has 1 aliphatic carbocycles. The first-order chi connectivity index (χ1) is 9.14. The quantitative estimate of drug-likeness (QED) is 0.748. The zero-order valence-corrected chi connectivity index (χ0v) is 11.7. The van der Waals surface area contributed by atoms with Crippen molar-refractivity contribution in [2.75, 3.05) is 19.6 Å². The Labute approximate surface area is 115 Å². The molecule has 2 aliphatic rings. The molecule has 3 unspecified atom stereocenters. The van der Waals surface area contributed by atoms with Gasteiger partial charge in [-0.25, -0.2) is 0 Å². The van der Waals surface area contributed by atoms with Crippen molar-refractivity contribution in [3.8, 4) is 0 Å². The van der Waals surface area contributed by atoms with Gasteiger partial charge in [0, 0.05) is 18.5 Å². The van der Waals surface area contributed by atoms with E-state index in [2.05, 4.69) is 36.5 Å². The van der Waals surface area contributed by atoms with E-state index in [-0.39, 0.29) is 11.3 Å². The molecule has 3 rings (SSSR count). The van der Waals surface area contributed by atoms with E-state index < -0.39 is 5.60 Å². The number of hydrogen-bond acceptors (Lipinski definition) is 3. The van der Waals surface area contributed by atoms with Crippen LogP contribution in [0, 0.1) is 5.92 Å². The van der Waals surface area contributed by atoms with Gasteiger partial charge in [-0.3, -0.25) is 0 Å². The second-order valence-electron chi connectivity index (χ2n) is 6.22. The van der Waals surface area contributed by atoms with Gasteiger partial charge in [0.15, 0.2) is 0 Å². The molecule has 1 saturated heterocycles. The highest BCUT2D eigenvalue weighted by Crippen LogP contribution is 2.50. The molecule has 3 atom stereocenters. The summed E-state index contributed by atoms with van der Waals surface area (Å²) in [5, 5.41) is 14.8. The Morgan fingerprint density at radius 3 is 2.89 bits per heavy atom. The monoisotopic (exact) mass is 260 g/mol. The number of rotatable bonds is 2. The minimum atomic E-state index is -0.681. The highest BCUT2D eigenvalue weighted by molar-refractivity contribution is 5.43. The maximum absolute atomic E-state index is 11.4. The van der Waals surface area contributed by atoms with Crippen molar-refractivity contribution in [3.63, 3.8) is 0 Å². The third-order valence-electron chi connectivity index (χ3n) is 5.48. The van der Waals surface area contributed by atoms with Crippen molar-refractivity contribution in [1.29, 1.82) is 0 Å². The molecule has 4 N–H and O–H groups in total. The maximum atomic E-state index is 11.4. The van der Waals surface area contributed by atoms with Crippen LogP contribution in [0.25, 0.3) is 0 Å². The van der Waals surface area contributed by atoms with Crippen molar-refractivity contribution < 1.29 is 5.11 Å². The van der Waals surface area contributed by atoms with Crippen LogP contribution >= 0.6 is 0 Å². The van der Waals surface area contributed by atoms with Crippen LogP contribution in [-0.4, -0.2) is 30.3 Å². The SMILES string of the molecule is CC1CNCCC1(O)C1(CN)CCc2ccccc21. The molecule has 0 radical (unpaired) electrons. The molecule has 1 aromatic rings. The van der Waals surface area contributed by atoms with E-state index in [0.29, 0.717) is 6.54 Å². The van der Waals surface area contributed by atoms with Gasteiger partial charge in [-0.1, -0.05) is 31.2 Å². The third-order valence-corrected chi connectivity index (χ3v) is 5.48. The molecule has 0 amide bonds. The summed E-state index contributed by atoms with van der Waals surface area (Å²) < 4.78 is 0. The smallest absolute Gasteiger partial charge is 0.0805 e. The predicted octanol–water partition coefficient (Wildman–Crippen LogP) is 1.19. The molecule has 0 bridgehead atoms. The van der Waals surface area contributed by atoms with E-state index in [9.17, 15) is 5.11 Å². The summed E-state index contributed by atoms with van der Waals surface area (Å²) in [5.74, 6) is 0.232. The average Bonchev–Trinajstić information content (AvgIpc) is 2.83. The second kappa shape index (κ2) is 4.58. The largest absolute Gasteiger partial charge is 0.389 e. The number of aliphatic hydroxyl groups is 1. The van der Waals surface area contributed by atoms with Crippen LogP contribution in [0.2, 0.25) is 0 Å². The van der Waals surface area contributed by atoms with E-state index in [1.807, 2.05) is 0 Å². The molecule has 1 aromatic carbocycles. The van der Waals surface area contributed by atoms with Gasteiger partial charge in [0.05, 0.1) is 5.60 Å². The van der Waals surface area contributed by atoms with Gasteiger partial charge in [-0.15, -0.1) is 0 Å². The lowest BCUT2D eigenvalue weighted by atomic mass is 9.60. The van der Waals surface area contributed by atoms with Crippen LogP contribution in [-0.2, 0) is 11.8 Å². The minimum absolute atomic E-state index is 0.232. The van der Waals surface area contributed by atoms with Gasteiger partial charge in [0.25, 0.3) is 0 Å². The Morgan fingerprint density at radius 2 is 2.16 bits per heavy atom. The van der Waals surface area contributed by atoms with Crippen LogP contribution in [0.3, 0.4) is 0 Å². The number of hydrogen-bond donors (Lipinski definition) is 3. The number of nitrogens with two attached hydrogens (primary N) is 1. The van der Waals surface area contributed by atoms with Gasteiger partial charge in [0.1, 0.15) is 0 Å². The Kier molecular flexibility index (Phi) is 3.16. The van der Waals surface area contributed by atoms with E-state index in [1.165, 1.54) is 11.1 Å². The summed E-state index contributed by atoms with van der Waals surface area (Å²) in [6.45, 7) is 4.43. The molecule has 1 aliphatic heterocycles. The minimum Gasteiger partial charge on any atom is -0.389 e. The Hall–Kier alpha value is -0.900. The Bertz CT molecular complexity index is 476. The van der Waals surface area contributed by atoms with Gasteiger partial charge < -0.3 is 16.2 Å². The summed E-state index contributed by atoms with van der Waals surface area (Å²) in [6.07, 6.45) is 2.80. The first-order valence-corrected chi connectivity index (χ1v) is 7.35. The van der Waals surface area contributed by atoms with Crippen molar-refractivity contribution in [3.05, 3.63) is 35.4 Å². The molecule has 19 heavy (non-hydrogen) atoms. The second-order valence-corrected chi connectivity index (χ2v) is 6.22. The van der Waals surface area contributed by atoms with Crippen molar-refractivity contribution in [1.82, 2.24) is 5.32 Å². The zero-order chi connectivity index (χ0) is 13.5. The lowest BCUT2D eigenvalue weighted by Crippen LogP contribution is -2.63. The summed E-state index contributed by atoms with van der Waals surface area (Å²) in [4.78, 5) is 0. The molecule has 0 aromatic heterocycles. The highest BCUT2D eigenvalue weighted by atomic mass is 16.3. The fraction of sp³-hybridized carbons (Fsp3) is 0.625. The van der Waals surface area contributed by atoms with E-state index in [0.717, 1.165) is 32.4 Å². The molecule has 104 valence electrons. The summed E-state index contributed by atoms with van der Waals surface area (Å²) in [7, 11) is 0. The van der Waals surface area contributed by atoms with Crippen molar-refractivity contribution >= 4 is 0 Å². The number of benzene rings is 1. The van der Waals surface area contributed by atoms with Gasteiger partial charge in [-0.05, 0) is 42.9 Å². The molecule has 1 heterocycles. The number of aryl methyl sites for hydroxylation is 1. The van der Waals surface area contributed by atoms with Gasteiger partial charge in [-0.2, -0.15) is 0 Å². The third kappa shape index (κ3) is 1.69. The Morgan fingerprint density at radius 1 is 1.37 bits per heavy atom. The van der Waals surface area contributed by atoms with Crippen LogP contribution < -0.4 is 11.1 Å². The van der Waals surface area contributed by atoms with Crippen molar-refractivity contribution in [2.24, 2.45) is 11.7 Å². The molecule has 3 nitrogen and oxygen atoms in total. The molecule has 0 saturated carbocycles. The Balaban J connectivity index is 2.10. The number of nitrogens with one attached hydrogen (secondary N) is 1. The summed E-state index contributed by atoms with van der Waals surface area (Å²) in [6, 6.07) is 8.51. The standard InChI is InChI=1S/C16H24N2O/c1-12-10-18-9-8-16(12,19)15(11-17)7-6-13-4-2-3-5-14(13)15/h2-5,12,18-19H,6-11,17H2,1H3. The fourth-order valence-electron chi connectivity index (χ4n) is 4.25. The van der Waals surface area contributed by atoms with E-state index >= 15 is 0 Å². The van der Waals surface area contributed by atoms with Gasteiger partial charge >= 0.3 is 0 Å². The average molecular weight is 260 g/mol. The van der Waals surface area contributed by atoms with Gasteiger partial charge in [0.2, 0.25) is 0 Å². The van der Waals surface area contributed by atoms with Crippen LogP contribution in [0.5, 0.6) is 0 Å². The predicted molar refractivity (Wildman–Crippen MR) is 77.1 cm³/mol. The van der Waals surface area contributed by atoms with Crippen LogP contribution in [0.15, 0.2) is 24.3 Å². The first kappa shape index (κ1) is 13.1. The summed E-state index contributed by atoms with van der Waals surface area (Å²) in [5.41, 5.74) is 7.90. The normalized spacial score (nSPS) is 38.2. The summed E-state index contributed by atoms with van der Waals surface area (Å²) >= 11 is 0. The molecule has 1 fully saturated rings. The zero-order valence-electron chi connectivity index (χ0n) is 11.7. The lowest BCUT2D eigenvalue weighted by Gasteiger charge is -2.51. The number of fused-ring (bicyclic) bond motifs is 1. The molecular weight excluding hydrogens is 236 g/mol.